The summed E-state index contributed by atoms with van der Waals surface area (Å²) in [6.45, 7) is 12.4. The predicted octanol–water partition coefficient (Wildman–Crippen LogP) is 3.68. The van der Waals surface area contributed by atoms with Crippen molar-refractivity contribution in [3.63, 3.8) is 0 Å². The number of hydrogen-bond acceptors (Lipinski definition) is 14. The molecule has 6 rings (SSSR count). The smallest absolute Gasteiger partial charge is 0.338 e. The maximum Gasteiger partial charge on any atom is 0.338 e. The van der Waals surface area contributed by atoms with Gasteiger partial charge < -0.3 is 44.3 Å². The van der Waals surface area contributed by atoms with Gasteiger partial charge in [0.05, 0.1) is 35.6 Å². The Morgan fingerprint density at radius 1 is 1.00 bits per heavy atom. The Hall–Kier alpha value is -4.18. The van der Waals surface area contributed by atoms with Gasteiger partial charge in [0.15, 0.2) is 23.6 Å². The number of benzene rings is 1. The van der Waals surface area contributed by atoms with Crippen LogP contribution in [0.4, 0.5) is 0 Å². The fourth-order valence-corrected chi connectivity index (χ4v) is 10.7. The molecule has 1 aliphatic heterocycles. The van der Waals surface area contributed by atoms with Crippen molar-refractivity contribution in [3.05, 3.63) is 47.0 Å². The van der Waals surface area contributed by atoms with Gasteiger partial charge in [0.2, 0.25) is 5.91 Å². The SMILES string of the molecule is CCC(=O)O[C@H]1C(=O)[C@@]2(C)[C@H]([C@H](OC(=O)c3ccccc3)[C@]3(O)C[C@H](OC(=O)[C@H](O)[C@H](CC(C)C)NC(=O)C4CCCC4)C(C)=C1C3(C)C)[C@]1(OC(C)=O)CO[C@@H]1C[C@@H]2O. The molecule has 1 heterocycles. The Morgan fingerprint density at radius 3 is 2.22 bits per heavy atom. The van der Waals surface area contributed by atoms with Gasteiger partial charge in [0.25, 0.3) is 0 Å². The van der Waals surface area contributed by atoms with E-state index in [-0.39, 0.29) is 60.3 Å². The highest BCUT2D eigenvalue weighted by Crippen LogP contribution is 2.64. The van der Waals surface area contributed by atoms with Gasteiger partial charge in [-0.1, -0.05) is 65.7 Å². The quantitative estimate of drug-likeness (QED) is 0.134. The first kappa shape index (κ1) is 45.3. The Balaban J connectivity index is 1.53. The van der Waals surface area contributed by atoms with E-state index in [0.717, 1.165) is 12.8 Å². The molecule has 1 aromatic carbocycles. The summed E-state index contributed by atoms with van der Waals surface area (Å²) in [5, 5.41) is 40.2. The number of ether oxygens (including phenoxy) is 5. The van der Waals surface area contributed by atoms with Crippen molar-refractivity contribution in [3.8, 4) is 0 Å². The zero-order valence-corrected chi connectivity index (χ0v) is 35.9. The second kappa shape index (κ2) is 16.9. The topological polar surface area (TPSA) is 221 Å². The lowest BCUT2D eigenvalue weighted by molar-refractivity contribution is -0.346. The molecule has 11 atom stereocenters. The molecule has 1 aromatic rings. The number of rotatable bonds is 12. The molecule has 330 valence electrons. The summed E-state index contributed by atoms with van der Waals surface area (Å²) in [4.78, 5) is 83.5. The number of hydrogen-bond donors (Lipinski definition) is 4. The van der Waals surface area contributed by atoms with Crippen molar-refractivity contribution in [2.75, 3.05) is 6.61 Å². The Kier molecular flexibility index (Phi) is 12.8. The number of carbonyl (C=O) groups excluding carboxylic acids is 6. The van der Waals surface area contributed by atoms with Crippen molar-refractivity contribution in [2.45, 2.75) is 161 Å². The van der Waals surface area contributed by atoms with Crippen LogP contribution in [0.25, 0.3) is 0 Å². The van der Waals surface area contributed by atoms with E-state index < -0.39 is 107 Å². The monoisotopic (exact) mass is 839 g/mol. The van der Waals surface area contributed by atoms with E-state index in [2.05, 4.69) is 5.32 Å². The number of amides is 1. The Labute approximate surface area is 350 Å². The zero-order chi connectivity index (χ0) is 44.1. The first-order valence-electron chi connectivity index (χ1n) is 21.2. The van der Waals surface area contributed by atoms with Gasteiger partial charge in [-0.3, -0.25) is 19.2 Å². The van der Waals surface area contributed by atoms with E-state index in [4.69, 9.17) is 23.7 Å². The van der Waals surface area contributed by atoms with Crippen molar-refractivity contribution in [2.24, 2.45) is 28.6 Å². The number of nitrogens with one attached hydrogen (secondary N) is 1. The van der Waals surface area contributed by atoms with Gasteiger partial charge in [0, 0.05) is 37.5 Å². The summed E-state index contributed by atoms with van der Waals surface area (Å²) in [5.41, 5.74) is -7.37. The van der Waals surface area contributed by atoms with E-state index in [1.165, 1.54) is 32.9 Å². The molecule has 15 nitrogen and oxygen atoms in total. The molecule has 60 heavy (non-hydrogen) atoms. The van der Waals surface area contributed by atoms with Crippen LogP contribution in [0.2, 0.25) is 0 Å². The lowest BCUT2D eigenvalue weighted by Gasteiger charge is -2.67. The van der Waals surface area contributed by atoms with Crippen LogP contribution in [0.5, 0.6) is 0 Å². The van der Waals surface area contributed by atoms with E-state index in [1.54, 1.807) is 39.0 Å². The highest BCUT2D eigenvalue weighted by Gasteiger charge is 2.78. The fourth-order valence-electron chi connectivity index (χ4n) is 10.7. The minimum absolute atomic E-state index is 0.0444. The normalized spacial score (nSPS) is 34.4. The van der Waals surface area contributed by atoms with Crippen molar-refractivity contribution in [1.82, 2.24) is 5.32 Å². The molecule has 1 saturated heterocycles. The zero-order valence-electron chi connectivity index (χ0n) is 35.9. The van der Waals surface area contributed by atoms with E-state index in [1.807, 2.05) is 13.8 Å². The van der Waals surface area contributed by atoms with Gasteiger partial charge in [-0.15, -0.1) is 0 Å². The molecule has 4 fully saturated rings. The van der Waals surface area contributed by atoms with Crippen molar-refractivity contribution < 1.29 is 67.8 Å². The highest BCUT2D eigenvalue weighted by atomic mass is 16.6. The summed E-state index contributed by atoms with van der Waals surface area (Å²) < 4.78 is 30.5. The largest absolute Gasteiger partial charge is 0.456 e. The third-order valence-corrected chi connectivity index (χ3v) is 14.1. The Bertz CT molecular complexity index is 1890. The van der Waals surface area contributed by atoms with Crippen LogP contribution >= 0.6 is 0 Å². The minimum Gasteiger partial charge on any atom is -0.456 e. The number of carbonyl (C=O) groups is 6. The summed E-state index contributed by atoms with van der Waals surface area (Å²) >= 11 is 0. The molecule has 0 spiro atoms. The van der Waals surface area contributed by atoms with Crippen LogP contribution in [0.3, 0.4) is 0 Å². The standard InChI is InChI=1S/C45H61NO14/c1-9-32(49)58-35-33-24(4)29(57-41(54)34(50)28(19-23(2)3)46-39(52)26-15-13-14-16-26)21-45(55,42(33,6)7)38(59-40(53)27-17-11-10-12-18-27)36-43(8,37(35)51)30(48)20-31-44(36,22-56-31)60-25(5)47/h10-12,17-18,23,26,28-31,34-36,38,48,50,55H,9,13-16,19-22H2,1-8H3,(H,46,52)/t28-,29-,30-,31+,34+,35+,36-,38-,43+,44-,45+/m0/s1. The van der Waals surface area contributed by atoms with Crippen molar-refractivity contribution >= 4 is 35.6 Å². The minimum atomic E-state index is -2.34. The van der Waals surface area contributed by atoms with E-state index in [9.17, 15) is 39.3 Å². The summed E-state index contributed by atoms with van der Waals surface area (Å²) in [6.07, 6.45) is -6.75. The maximum absolute atomic E-state index is 15.5. The van der Waals surface area contributed by atoms with Crippen LogP contribution in [-0.4, -0.2) is 111 Å². The first-order valence-corrected chi connectivity index (χ1v) is 21.2. The highest BCUT2D eigenvalue weighted by molar-refractivity contribution is 5.96. The second-order valence-electron chi connectivity index (χ2n) is 18.6. The molecular weight excluding hydrogens is 778 g/mol. The molecule has 1 amide bonds. The van der Waals surface area contributed by atoms with Crippen LogP contribution in [-0.2, 0) is 47.7 Å². The van der Waals surface area contributed by atoms with Crippen LogP contribution < -0.4 is 5.32 Å². The van der Waals surface area contributed by atoms with Crippen LogP contribution in [0, 0.1) is 28.6 Å². The molecule has 4 N–H and O–H groups in total. The number of Topliss-reactive ketones (excluding diaryl/α,β-unsaturated/α-hetero) is 1. The average Bonchev–Trinajstić information content (AvgIpc) is 3.74. The summed E-state index contributed by atoms with van der Waals surface area (Å²) in [6, 6.07) is 6.90. The molecule has 0 radical (unpaired) electrons. The van der Waals surface area contributed by atoms with Gasteiger partial charge >= 0.3 is 23.9 Å². The first-order chi connectivity index (χ1) is 28.1. The summed E-state index contributed by atoms with van der Waals surface area (Å²) in [5.74, 6) is -6.46. The third-order valence-electron chi connectivity index (χ3n) is 14.1. The van der Waals surface area contributed by atoms with Gasteiger partial charge in [-0.2, -0.15) is 0 Å². The summed E-state index contributed by atoms with van der Waals surface area (Å²) in [7, 11) is 0. The molecule has 4 aliphatic carbocycles. The molecule has 0 aromatic heterocycles. The molecule has 15 heteroatoms. The molecule has 3 saturated carbocycles. The third kappa shape index (κ3) is 7.68. The van der Waals surface area contributed by atoms with Crippen LogP contribution in [0.1, 0.15) is 117 Å². The lowest BCUT2D eigenvalue weighted by Crippen LogP contribution is -2.82. The molecular formula is C45H61NO14. The number of aliphatic hydroxyl groups is 3. The molecule has 0 unspecified atom stereocenters. The number of esters is 4. The lowest BCUT2D eigenvalue weighted by atomic mass is 9.44. The number of fused-ring (bicyclic) bond motifs is 5. The van der Waals surface area contributed by atoms with Gasteiger partial charge in [-0.25, -0.2) is 9.59 Å². The molecule has 2 bridgehead atoms. The number of aliphatic hydroxyl groups excluding tert-OH is 2. The second-order valence-corrected chi connectivity index (χ2v) is 18.6. The van der Waals surface area contributed by atoms with Gasteiger partial charge in [-0.05, 0) is 62.3 Å². The maximum atomic E-state index is 15.5. The average molecular weight is 840 g/mol. The fraction of sp³-hybridized carbons (Fsp3) is 0.689. The van der Waals surface area contributed by atoms with E-state index >= 15 is 4.79 Å². The van der Waals surface area contributed by atoms with Crippen molar-refractivity contribution in [1.29, 1.82) is 0 Å². The predicted molar refractivity (Wildman–Crippen MR) is 213 cm³/mol. The van der Waals surface area contributed by atoms with Gasteiger partial charge in [0.1, 0.15) is 23.9 Å². The Morgan fingerprint density at radius 2 is 1.65 bits per heavy atom. The van der Waals surface area contributed by atoms with E-state index in [0.29, 0.717) is 12.8 Å². The molecule has 5 aliphatic rings. The number of ketones is 1. The van der Waals surface area contributed by atoms with Crippen LogP contribution in [0.15, 0.2) is 41.5 Å².